The molecule has 0 aromatic carbocycles. The van der Waals surface area contributed by atoms with Crippen LogP contribution in [-0.4, -0.2) is 24.7 Å². The van der Waals surface area contributed by atoms with Crippen molar-refractivity contribution >= 4 is 38.6 Å². The summed E-state index contributed by atoms with van der Waals surface area (Å²) >= 11 is 9.09. The summed E-state index contributed by atoms with van der Waals surface area (Å²) in [6, 6.07) is 3.36. The van der Waals surface area contributed by atoms with Gasteiger partial charge < -0.3 is 4.74 Å². The quantitative estimate of drug-likeness (QED) is 0.671. The van der Waals surface area contributed by atoms with Crippen LogP contribution in [-0.2, 0) is 7.05 Å². The minimum absolute atomic E-state index is 0.405. The largest absolute Gasteiger partial charge is 0.436 e. The van der Waals surface area contributed by atoms with Gasteiger partial charge in [-0.3, -0.25) is 0 Å². The molecule has 3 aromatic heterocycles. The number of hydrogen-bond acceptors (Lipinski definition) is 5. The average molecular weight is 341 g/mol. The molecule has 0 aliphatic carbocycles. The van der Waals surface area contributed by atoms with Gasteiger partial charge in [0.1, 0.15) is 27.2 Å². The molecule has 0 unspecified atom stereocenters. The van der Waals surface area contributed by atoms with Gasteiger partial charge in [-0.05, 0) is 28.1 Å². The minimum atomic E-state index is 0.405. The molecule has 8 heteroatoms. The van der Waals surface area contributed by atoms with Crippen molar-refractivity contribution in [1.29, 1.82) is 0 Å². The summed E-state index contributed by atoms with van der Waals surface area (Å²) < 4.78 is 7.96. The lowest BCUT2D eigenvalue weighted by atomic mass is 10.4. The standard InChI is InChI=1S/C11H7BrClN5O/c1-18-10-8(9(12)17-18)11(16-5-15-10)19-6-2-3-7(13)14-4-6/h2-5H,1H3. The predicted molar refractivity (Wildman–Crippen MR) is 73.3 cm³/mol. The van der Waals surface area contributed by atoms with Gasteiger partial charge in [-0.2, -0.15) is 5.10 Å². The lowest BCUT2D eigenvalue weighted by Gasteiger charge is -2.04. The molecule has 0 aliphatic rings. The Morgan fingerprint density at radius 1 is 1.26 bits per heavy atom. The molecule has 0 fully saturated rings. The Morgan fingerprint density at radius 2 is 2.11 bits per heavy atom. The van der Waals surface area contributed by atoms with Crippen LogP contribution in [0.15, 0.2) is 29.3 Å². The van der Waals surface area contributed by atoms with Crippen molar-refractivity contribution < 1.29 is 4.74 Å². The molecule has 0 saturated carbocycles. The maximum Gasteiger partial charge on any atom is 0.234 e. The van der Waals surface area contributed by atoms with Crippen LogP contribution in [0.25, 0.3) is 11.0 Å². The molecule has 3 aromatic rings. The molecular weight excluding hydrogens is 334 g/mol. The van der Waals surface area contributed by atoms with Gasteiger partial charge in [0.05, 0.1) is 6.20 Å². The molecule has 0 bridgehead atoms. The highest BCUT2D eigenvalue weighted by Crippen LogP contribution is 2.31. The molecule has 19 heavy (non-hydrogen) atoms. The summed E-state index contributed by atoms with van der Waals surface area (Å²) in [4.78, 5) is 12.2. The molecule has 3 rings (SSSR count). The highest BCUT2D eigenvalue weighted by molar-refractivity contribution is 9.10. The van der Waals surface area contributed by atoms with Crippen LogP contribution in [0.1, 0.15) is 0 Å². The van der Waals surface area contributed by atoms with Gasteiger partial charge >= 0.3 is 0 Å². The molecule has 0 amide bonds. The molecule has 0 N–H and O–H groups in total. The Hall–Kier alpha value is -1.73. The zero-order valence-electron chi connectivity index (χ0n) is 9.71. The van der Waals surface area contributed by atoms with Gasteiger partial charge in [-0.15, -0.1) is 0 Å². The van der Waals surface area contributed by atoms with E-state index in [4.69, 9.17) is 16.3 Å². The van der Waals surface area contributed by atoms with Crippen molar-refractivity contribution in [3.8, 4) is 11.6 Å². The lowest BCUT2D eigenvalue weighted by molar-refractivity contribution is 0.466. The fourth-order valence-electron chi connectivity index (χ4n) is 1.63. The SMILES string of the molecule is Cn1nc(Br)c2c(Oc3ccc(Cl)nc3)ncnc21. The number of fused-ring (bicyclic) bond motifs is 1. The van der Waals surface area contributed by atoms with E-state index < -0.39 is 0 Å². The Morgan fingerprint density at radius 3 is 2.84 bits per heavy atom. The Bertz CT molecular complexity index is 743. The lowest BCUT2D eigenvalue weighted by Crippen LogP contribution is -1.94. The van der Waals surface area contributed by atoms with Gasteiger partial charge in [-0.1, -0.05) is 11.6 Å². The maximum atomic E-state index is 5.73. The first kappa shape index (κ1) is 12.3. The highest BCUT2D eigenvalue weighted by Gasteiger charge is 2.15. The number of rotatable bonds is 2. The summed E-state index contributed by atoms with van der Waals surface area (Å²) in [6.07, 6.45) is 2.95. The number of ether oxygens (including phenoxy) is 1. The van der Waals surface area contributed by atoms with Crippen molar-refractivity contribution in [3.63, 3.8) is 0 Å². The third kappa shape index (κ3) is 2.26. The van der Waals surface area contributed by atoms with E-state index in [2.05, 4.69) is 36.0 Å². The summed E-state index contributed by atoms with van der Waals surface area (Å²) in [5, 5.41) is 5.33. The Labute approximate surface area is 121 Å². The van der Waals surface area contributed by atoms with E-state index >= 15 is 0 Å². The van der Waals surface area contributed by atoms with Crippen LogP contribution in [0.5, 0.6) is 11.6 Å². The van der Waals surface area contributed by atoms with E-state index in [0.717, 1.165) is 0 Å². The molecule has 6 nitrogen and oxygen atoms in total. The van der Waals surface area contributed by atoms with Crippen LogP contribution in [0.4, 0.5) is 0 Å². The molecular formula is C11H7BrClN5O. The summed E-state index contributed by atoms with van der Waals surface area (Å²) in [6.45, 7) is 0. The molecule has 0 spiro atoms. The Kier molecular flexibility index (Phi) is 3.08. The van der Waals surface area contributed by atoms with Crippen molar-refractivity contribution in [2.75, 3.05) is 0 Å². The second kappa shape index (κ2) is 4.75. The van der Waals surface area contributed by atoms with Gasteiger partial charge in [0, 0.05) is 7.05 Å². The monoisotopic (exact) mass is 339 g/mol. The first-order valence-electron chi connectivity index (χ1n) is 5.28. The van der Waals surface area contributed by atoms with Crippen molar-refractivity contribution in [2.45, 2.75) is 0 Å². The summed E-state index contributed by atoms with van der Waals surface area (Å²) in [5.74, 6) is 0.953. The normalized spacial score (nSPS) is 10.9. The molecule has 0 atom stereocenters. The molecule has 96 valence electrons. The molecule has 3 heterocycles. The zero-order valence-corrected chi connectivity index (χ0v) is 12.1. The van der Waals surface area contributed by atoms with Gasteiger partial charge in [0.15, 0.2) is 5.65 Å². The van der Waals surface area contributed by atoms with E-state index in [1.165, 1.54) is 12.5 Å². The number of aryl methyl sites for hydroxylation is 1. The smallest absolute Gasteiger partial charge is 0.234 e. The van der Waals surface area contributed by atoms with Gasteiger partial charge in [0.25, 0.3) is 0 Å². The fraction of sp³-hybridized carbons (Fsp3) is 0.0909. The van der Waals surface area contributed by atoms with E-state index in [0.29, 0.717) is 32.4 Å². The van der Waals surface area contributed by atoms with Gasteiger partial charge in [-0.25, -0.2) is 19.6 Å². The summed E-state index contributed by atoms with van der Waals surface area (Å²) in [7, 11) is 1.80. The van der Waals surface area contributed by atoms with E-state index in [-0.39, 0.29) is 0 Å². The average Bonchev–Trinajstić information content (AvgIpc) is 2.69. The minimum Gasteiger partial charge on any atom is -0.436 e. The number of halogens is 2. The van der Waals surface area contributed by atoms with Crippen LogP contribution in [0, 0.1) is 0 Å². The van der Waals surface area contributed by atoms with E-state index in [1.54, 1.807) is 23.9 Å². The van der Waals surface area contributed by atoms with Crippen LogP contribution >= 0.6 is 27.5 Å². The predicted octanol–water partition coefficient (Wildman–Crippen LogP) is 2.97. The second-order valence-electron chi connectivity index (χ2n) is 3.71. The summed E-state index contributed by atoms with van der Waals surface area (Å²) in [5.41, 5.74) is 0.679. The van der Waals surface area contributed by atoms with Crippen LogP contribution in [0.2, 0.25) is 5.15 Å². The third-order valence-electron chi connectivity index (χ3n) is 2.46. The number of aromatic nitrogens is 5. The first-order chi connectivity index (χ1) is 9.15. The molecule has 0 radical (unpaired) electrons. The molecule has 0 aliphatic heterocycles. The number of hydrogen-bond donors (Lipinski definition) is 0. The van der Waals surface area contributed by atoms with Crippen molar-refractivity contribution in [2.24, 2.45) is 7.05 Å². The molecule has 0 saturated heterocycles. The number of nitrogens with zero attached hydrogens (tertiary/aromatic N) is 5. The van der Waals surface area contributed by atoms with E-state index in [9.17, 15) is 0 Å². The Balaban J connectivity index is 2.08. The third-order valence-corrected chi connectivity index (χ3v) is 3.24. The second-order valence-corrected chi connectivity index (χ2v) is 4.85. The van der Waals surface area contributed by atoms with Gasteiger partial charge in [0.2, 0.25) is 5.88 Å². The highest BCUT2D eigenvalue weighted by atomic mass is 79.9. The fourth-order valence-corrected chi connectivity index (χ4v) is 2.32. The van der Waals surface area contributed by atoms with E-state index in [1.807, 2.05) is 0 Å². The van der Waals surface area contributed by atoms with Crippen LogP contribution < -0.4 is 4.74 Å². The van der Waals surface area contributed by atoms with Crippen molar-refractivity contribution in [3.05, 3.63) is 34.4 Å². The number of pyridine rings is 1. The van der Waals surface area contributed by atoms with Crippen molar-refractivity contribution in [1.82, 2.24) is 24.7 Å². The maximum absolute atomic E-state index is 5.73. The topological polar surface area (TPSA) is 65.7 Å². The van der Waals surface area contributed by atoms with Crippen LogP contribution in [0.3, 0.4) is 0 Å². The zero-order chi connectivity index (χ0) is 13.4. The first-order valence-corrected chi connectivity index (χ1v) is 6.45.